The number of hydrogen-bond donors (Lipinski definition) is 2. The summed E-state index contributed by atoms with van der Waals surface area (Å²) in [4.78, 5) is 8.16. The number of alkyl halides is 3. The van der Waals surface area contributed by atoms with E-state index in [0.717, 1.165) is 23.2 Å². The minimum absolute atomic E-state index is 0.0265. The Hall–Kier alpha value is -3.56. The van der Waals surface area contributed by atoms with Crippen LogP contribution < -0.4 is 10.2 Å². The van der Waals surface area contributed by atoms with Gasteiger partial charge in [-0.05, 0) is 37.1 Å². The fourth-order valence-corrected chi connectivity index (χ4v) is 2.74. The van der Waals surface area contributed by atoms with E-state index in [9.17, 15) is 13.2 Å². The molecule has 0 aliphatic carbocycles. The molecule has 2 heterocycles. The molecule has 10 heteroatoms. The van der Waals surface area contributed by atoms with Gasteiger partial charge in [0, 0.05) is 23.4 Å². The molecule has 2 N–H and O–H groups in total. The van der Waals surface area contributed by atoms with Gasteiger partial charge in [-0.3, -0.25) is 10.8 Å². The molecule has 7 nitrogen and oxygen atoms in total. The van der Waals surface area contributed by atoms with Crippen molar-refractivity contribution in [1.82, 2.24) is 19.7 Å². The standard InChI is InChI=1S/C19H17F3N6O/c1-3-15-14(8-25-10-26-15)13-5-4-12(19(20,21)22)7-16(13)29-17-6-11(2)18(24)28(9-23)27-17/h4-10,23-24H,3H2,1-2H3. The first-order valence-corrected chi connectivity index (χ1v) is 8.58. The van der Waals surface area contributed by atoms with Crippen LogP contribution in [0.15, 0.2) is 36.8 Å². The third kappa shape index (κ3) is 4.15. The lowest BCUT2D eigenvalue weighted by Crippen LogP contribution is -2.24. The summed E-state index contributed by atoms with van der Waals surface area (Å²) in [5.74, 6) is -0.122. The van der Waals surface area contributed by atoms with E-state index >= 15 is 0 Å². The number of halogens is 3. The molecule has 3 aromatic rings. The molecule has 0 unspecified atom stereocenters. The molecule has 29 heavy (non-hydrogen) atoms. The lowest BCUT2D eigenvalue weighted by molar-refractivity contribution is -0.137. The molecule has 0 radical (unpaired) electrons. The van der Waals surface area contributed by atoms with Crippen LogP contribution in [0.4, 0.5) is 13.2 Å². The van der Waals surface area contributed by atoms with Gasteiger partial charge < -0.3 is 4.74 Å². The molecule has 0 saturated heterocycles. The Balaban J connectivity index is 2.19. The number of hydrogen-bond acceptors (Lipinski definition) is 6. The third-order valence-corrected chi connectivity index (χ3v) is 4.21. The van der Waals surface area contributed by atoms with E-state index in [2.05, 4.69) is 15.1 Å². The van der Waals surface area contributed by atoms with Gasteiger partial charge >= 0.3 is 6.18 Å². The molecule has 150 valence electrons. The SMILES string of the molecule is CCc1ncncc1-c1ccc(C(F)(F)F)cc1Oc1cc(C)c(=N)n(C=N)n1. The zero-order chi connectivity index (χ0) is 21.2. The molecular weight excluding hydrogens is 385 g/mol. The Labute approximate surface area is 163 Å². The van der Waals surface area contributed by atoms with Gasteiger partial charge in [0.1, 0.15) is 18.4 Å². The molecule has 0 saturated carbocycles. The van der Waals surface area contributed by atoms with Crippen LogP contribution in [0, 0.1) is 17.7 Å². The van der Waals surface area contributed by atoms with E-state index in [-0.39, 0.29) is 17.1 Å². The summed E-state index contributed by atoms with van der Waals surface area (Å²) in [5.41, 5.74) is 1.13. The molecule has 0 aliphatic rings. The van der Waals surface area contributed by atoms with E-state index in [4.69, 9.17) is 15.6 Å². The first-order valence-electron chi connectivity index (χ1n) is 8.58. The lowest BCUT2D eigenvalue weighted by atomic mass is 10.0. The van der Waals surface area contributed by atoms with Crippen molar-refractivity contribution in [3.05, 3.63) is 59.1 Å². The monoisotopic (exact) mass is 402 g/mol. The third-order valence-electron chi connectivity index (χ3n) is 4.21. The Kier molecular flexibility index (Phi) is 5.44. The summed E-state index contributed by atoms with van der Waals surface area (Å²) in [6.07, 6.45) is -0.296. The topological polar surface area (TPSA) is 101 Å². The van der Waals surface area contributed by atoms with Crippen molar-refractivity contribution in [2.24, 2.45) is 0 Å². The normalized spacial score (nSPS) is 11.3. The molecule has 1 aromatic carbocycles. The van der Waals surface area contributed by atoms with Crippen LogP contribution in [0.3, 0.4) is 0 Å². The van der Waals surface area contributed by atoms with Crippen molar-refractivity contribution in [1.29, 1.82) is 10.8 Å². The number of aryl methyl sites for hydroxylation is 2. The highest BCUT2D eigenvalue weighted by Crippen LogP contribution is 2.39. The van der Waals surface area contributed by atoms with Gasteiger partial charge in [-0.15, -0.1) is 5.10 Å². The first kappa shape index (κ1) is 20.2. The number of rotatable bonds is 5. The summed E-state index contributed by atoms with van der Waals surface area (Å²) in [7, 11) is 0. The number of nitrogens with zero attached hydrogens (tertiary/aromatic N) is 4. The highest BCUT2D eigenvalue weighted by Gasteiger charge is 2.32. The summed E-state index contributed by atoms with van der Waals surface area (Å²) < 4.78 is 46.5. The Bertz CT molecular complexity index is 1120. The van der Waals surface area contributed by atoms with E-state index in [0.29, 0.717) is 28.8 Å². The van der Waals surface area contributed by atoms with Crippen LogP contribution in [0.2, 0.25) is 0 Å². The second-order valence-electron chi connectivity index (χ2n) is 6.14. The van der Waals surface area contributed by atoms with E-state index in [1.807, 2.05) is 6.92 Å². The van der Waals surface area contributed by atoms with Crippen LogP contribution in [0.1, 0.15) is 23.7 Å². The maximum atomic E-state index is 13.3. The van der Waals surface area contributed by atoms with Gasteiger partial charge in [0.15, 0.2) is 5.49 Å². The number of benzene rings is 1. The van der Waals surface area contributed by atoms with Gasteiger partial charge in [-0.25, -0.2) is 14.6 Å². The smallest absolute Gasteiger partial charge is 0.416 e. The predicted octanol–water partition coefficient (Wildman–Crippen LogP) is 3.96. The predicted molar refractivity (Wildman–Crippen MR) is 98.9 cm³/mol. The summed E-state index contributed by atoms with van der Waals surface area (Å²) in [6, 6.07) is 4.60. The van der Waals surface area contributed by atoms with Crippen LogP contribution >= 0.6 is 0 Å². The summed E-state index contributed by atoms with van der Waals surface area (Å²) in [6.45, 7) is 3.49. The molecular formula is C19H17F3N6O. The van der Waals surface area contributed by atoms with Gasteiger partial charge in [0.25, 0.3) is 0 Å². The van der Waals surface area contributed by atoms with Gasteiger partial charge in [0.05, 0.1) is 11.3 Å². The van der Waals surface area contributed by atoms with Crippen molar-refractivity contribution in [3.63, 3.8) is 0 Å². The van der Waals surface area contributed by atoms with Crippen LogP contribution in [-0.2, 0) is 12.6 Å². The number of nitrogens with one attached hydrogen (secondary N) is 2. The zero-order valence-electron chi connectivity index (χ0n) is 15.6. The molecule has 0 atom stereocenters. The summed E-state index contributed by atoms with van der Waals surface area (Å²) >= 11 is 0. The van der Waals surface area contributed by atoms with Crippen molar-refractivity contribution in [3.8, 4) is 22.8 Å². The lowest BCUT2D eigenvalue weighted by Gasteiger charge is -2.16. The molecule has 3 rings (SSSR count). The van der Waals surface area contributed by atoms with Crippen molar-refractivity contribution >= 4 is 6.34 Å². The Morgan fingerprint density at radius 1 is 1.21 bits per heavy atom. The Morgan fingerprint density at radius 3 is 2.62 bits per heavy atom. The van der Waals surface area contributed by atoms with Crippen molar-refractivity contribution in [2.75, 3.05) is 0 Å². The quantitative estimate of drug-likeness (QED) is 0.498. The molecule has 0 fully saturated rings. The second kappa shape index (κ2) is 7.82. The average molecular weight is 402 g/mol. The molecule has 0 spiro atoms. The molecule has 0 amide bonds. The maximum absolute atomic E-state index is 13.3. The highest BCUT2D eigenvalue weighted by atomic mass is 19.4. The second-order valence-corrected chi connectivity index (χ2v) is 6.14. The molecule has 0 aliphatic heterocycles. The minimum Gasteiger partial charge on any atom is -0.437 e. The van der Waals surface area contributed by atoms with E-state index in [1.165, 1.54) is 24.7 Å². The minimum atomic E-state index is -4.55. The first-order chi connectivity index (χ1) is 13.7. The highest BCUT2D eigenvalue weighted by molar-refractivity contribution is 5.72. The van der Waals surface area contributed by atoms with Crippen molar-refractivity contribution in [2.45, 2.75) is 26.4 Å². The zero-order valence-corrected chi connectivity index (χ0v) is 15.6. The number of ether oxygens (including phenoxy) is 1. The number of aromatic nitrogens is 4. The van der Waals surface area contributed by atoms with Gasteiger partial charge in [-0.1, -0.05) is 6.92 Å². The average Bonchev–Trinajstić information content (AvgIpc) is 2.69. The largest absolute Gasteiger partial charge is 0.437 e. The van der Waals surface area contributed by atoms with Crippen molar-refractivity contribution < 1.29 is 17.9 Å². The Morgan fingerprint density at radius 2 is 1.97 bits per heavy atom. The maximum Gasteiger partial charge on any atom is 0.416 e. The fraction of sp³-hybridized carbons (Fsp3) is 0.211. The van der Waals surface area contributed by atoms with Crippen LogP contribution in [0.25, 0.3) is 11.1 Å². The van der Waals surface area contributed by atoms with Crippen LogP contribution in [-0.4, -0.2) is 26.1 Å². The van der Waals surface area contributed by atoms with Crippen LogP contribution in [0.5, 0.6) is 11.6 Å². The van der Waals surface area contributed by atoms with Gasteiger partial charge in [0.2, 0.25) is 5.88 Å². The fourth-order valence-electron chi connectivity index (χ4n) is 2.74. The molecule has 2 aromatic heterocycles. The van der Waals surface area contributed by atoms with Gasteiger partial charge in [-0.2, -0.15) is 13.2 Å². The van der Waals surface area contributed by atoms with E-state index < -0.39 is 11.7 Å². The van der Waals surface area contributed by atoms with E-state index in [1.54, 1.807) is 6.92 Å². The summed E-state index contributed by atoms with van der Waals surface area (Å²) in [5, 5.41) is 19.2. The molecule has 0 bridgehead atoms.